The number of hydrogen-bond donors (Lipinski definition) is 1. The summed E-state index contributed by atoms with van der Waals surface area (Å²) in [5, 5.41) is 2.99. The van der Waals surface area contributed by atoms with Crippen molar-refractivity contribution in [2.75, 3.05) is 18.0 Å². The molecule has 0 radical (unpaired) electrons. The summed E-state index contributed by atoms with van der Waals surface area (Å²) in [6.07, 6.45) is 1.09. The lowest BCUT2D eigenvalue weighted by Crippen LogP contribution is -2.53. The summed E-state index contributed by atoms with van der Waals surface area (Å²) in [6.45, 7) is 9.20. The Bertz CT molecular complexity index is 1440. The molecule has 220 valence electrons. The molecule has 0 saturated carbocycles. The monoisotopic (exact) mass is 579 g/mol. The van der Waals surface area contributed by atoms with Gasteiger partial charge in [-0.05, 0) is 86.7 Å². The zero-order valence-electron chi connectivity index (χ0n) is 24.8. The highest BCUT2D eigenvalue weighted by molar-refractivity contribution is 7.92. The van der Waals surface area contributed by atoms with Crippen LogP contribution in [0.1, 0.15) is 50.3 Å². The van der Waals surface area contributed by atoms with E-state index in [1.807, 2.05) is 52.8 Å². The molecule has 9 heteroatoms. The Kier molecular flexibility index (Phi) is 10.9. The van der Waals surface area contributed by atoms with Crippen molar-refractivity contribution in [3.63, 3.8) is 0 Å². The number of anilines is 1. The van der Waals surface area contributed by atoms with E-state index in [1.54, 1.807) is 49.6 Å². The minimum atomic E-state index is -4.11. The quantitative estimate of drug-likeness (QED) is 0.299. The Morgan fingerprint density at radius 3 is 2.22 bits per heavy atom. The molecule has 8 nitrogen and oxygen atoms in total. The van der Waals surface area contributed by atoms with Crippen LogP contribution in [-0.2, 0) is 26.2 Å². The van der Waals surface area contributed by atoms with E-state index in [2.05, 4.69) is 5.32 Å². The molecule has 0 aliphatic heterocycles. The molecule has 41 heavy (non-hydrogen) atoms. The van der Waals surface area contributed by atoms with Crippen LogP contribution < -0.4 is 14.4 Å². The van der Waals surface area contributed by atoms with E-state index >= 15 is 0 Å². The van der Waals surface area contributed by atoms with E-state index in [9.17, 15) is 18.0 Å². The Labute approximate surface area is 244 Å². The van der Waals surface area contributed by atoms with Crippen LogP contribution in [0.2, 0.25) is 0 Å². The second-order valence-corrected chi connectivity index (χ2v) is 12.1. The molecule has 0 aliphatic rings. The van der Waals surface area contributed by atoms with Gasteiger partial charge in [-0.1, -0.05) is 50.2 Å². The van der Waals surface area contributed by atoms with Gasteiger partial charge in [-0.25, -0.2) is 8.42 Å². The highest BCUT2D eigenvalue weighted by atomic mass is 32.2. The van der Waals surface area contributed by atoms with Gasteiger partial charge in [-0.15, -0.1) is 0 Å². The number of ether oxygens (including phenoxy) is 1. The van der Waals surface area contributed by atoms with Crippen LogP contribution in [0, 0.1) is 13.8 Å². The topological polar surface area (TPSA) is 96.0 Å². The lowest BCUT2D eigenvalue weighted by atomic mass is 10.1. The molecule has 3 aromatic rings. The zero-order valence-corrected chi connectivity index (χ0v) is 25.6. The number of hydrogen-bond acceptors (Lipinski definition) is 5. The van der Waals surface area contributed by atoms with Crippen LogP contribution in [0.4, 0.5) is 5.69 Å². The third-order valence-electron chi connectivity index (χ3n) is 7.26. The Morgan fingerprint density at radius 1 is 0.902 bits per heavy atom. The minimum absolute atomic E-state index is 0.0733. The largest absolute Gasteiger partial charge is 0.497 e. The molecule has 2 amide bonds. The molecule has 0 aliphatic carbocycles. The van der Waals surface area contributed by atoms with Gasteiger partial charge < -0.3 is 15.0 Å². The van der Waals surface area contributed by atoms with E-state index in [1.165, 1.54) is 17.0 Å². The normalized spacial score (nSPS) is 12.7. The molecule has 0 aromatic heterocycles. The predicted octanol–water partition coefficient (Wildman–Crippen LogP) is 5.23. The first kappa shape index (κ1) is 31.7. The first-order valence-corrected chi connectivity index (χ1v) is 15.3. The van der Waals surface area contributed by atoms with Crippen molar-refractivity contribution in [2.24, 2.45) is 0 Å². The summed E-state index contributed by atoms with van der Waals surface area (Å²) < 4.78 is 34.4. The average molecular weight is 580 g/mol. The standard InChI is InChI=1S/C32H41N3O5S/c1-7-25(5)33-32(37)30(8-2)34(21-26-13-12-14-28(20-26)40-6)31(36)22-35(27-18-17-23(3)24(4)19-27)41(38,39)29-15-10-9-11-16-29/h9-20,25,30H,7-8,21-22H2,1-6H3,(H,33,37)/t25-,30+/m1/s1. The first-order chi connectivity index (χ1) is 19.5. The van der Waals surface area contributed by atoms with Crippen LogP contribution in [0.25, 0.3) is 0 Å². The van der Waals surface area contributed by atoms with Gasteiger partial charge >= 0.3 is 0 Å². The maximum absolute atomic E-state index is 14.2. The van der Waals surface area contributed by atoms with Gasteiger partial charge in [0.25, 0.3) is 10.0 Å². The molecule has 0 saturated heterocycles. The molecule has 3 rings (SSSR count). The van der Waals surface area contributed by atoms with Crippen LogP contribution in [-0.4, -0.2) is 50.9 Å². The van der Waals surface area contributed by atoms with E-state index in [-0.39, 0.29) is 23.4 Å². The highest BCUT2D eigenvalue weighted by Crippen LogP contribution is 2.27. The fourth-order valence-corrected chi connectivity index (χ4v) is 5.88. The summed E-state index contributed by atoms with van der Waals surface area (Å²) in [4.78, 5) is 29.1. The predicted molar refractivity (Wildman–Crippen MR) is 162 cm³/mol. The molecule has 0 fully saturated rings. The van der Waals surface area contributed by atoms with Crippen molar-refractivity contribution in [1.82, 2.24) is 10.2 Å². The summed E-state index contributed by atoms with van der Waals surface area (Å²) in [5.41, 5.74) is 3.04. The number of rotatable bonds is 13. The van der Waals surface area contributed by atoms with Crippen LogP contribution in [0.3, 0.4) is 0 Å². The first-order valence-electron chi connectivity index (χ1n) is 13.9. The van der Waals surface area contributed by atoms with Crippen molar-refractivity contribution in [2.45, 2.75) is 71.0 Å². The van der Waals surface area contributed by atoms with E-state index < -0.39 is 28.5 Å². The number of methoxy groups -OCH3 is 1. The lowest BCUT2D eigenvalue weighted by molar-refractivity contribution is -0.140. The maximum atomic E-state index is 14.2. The van der Waals surface area contributed by atoms with Gasteiger partial charge in [0.1, 0.15) is 18.3 Å². The van der Waals surface area contributed by atoms with Crippen LogP contribution in [0.5, 0.6) is 5.75 Å². The van der Waals surface area contributed by atoms with E-state index in [4.69, 9.17) is 4.74 Å². The summed E-state index contributed by atoms with van der Waals surface area (Å²) in [6, 6.07) is 19.8. The fraction of sp³-hybridized carbons (Fsp3) is 0.375. The van der Waals surface area contributed by atoms with Gasteiger partial charge in [0, 0.05) is 12.6 Å². The fourth-order valence-electron chi connectivity index (χ4n) is 4.46. The number of benzene rings is 3. The minimum Gasteiger partial charge on any atom is -0.497 e. The number of nitrogens with one attached hydrogen (secondary N) is 1. The number of aryl methyl sites for hydroxylation is 2. The number of sulfonamides is 1. The van der Waals surface area contributed by atoms with Gasteiger partial charge in [-0.2, -0.15) is 0 Å². The lowest BCUT2D eigenvalue weighted by Gasteiger charge is -2.34. The second-order valence-electron chi connectivity index (χ2n) is 10.2. The molecular formula is C32H41N3O5S. The average Bonchev–Trinajstić information content (AvgIpc) is 2.97. The smallest absolute Gasteiger partial charge is 0.264 e. The molecule has 0 unspecified atom stereocenters. The van der Waals surface area contributed by atoms with Crippen LogP contribution >= 0.6 is 0 Å². The highest BCUT2D eigenvalue weighted by Gasteiger charge is 2.34. The SMILES string of the molecule is CC[C@@H](C)NC(=O)[C@H](CC)N(Cc1cccc(OC)c1)C(=O)CN(c1ccc(C)c(C)c1)S(=O)(=O)c1ccccc1. The number of carbonyl (C=O) groups is 2. The third-order valence-corrected chi connectivity index (χ3v) is 9.05. The Balaban J connectivity index is 2.08. The third kappa shape index (κ3) is 7.88. The Morgan fingerprint density at radius 2 is 1.61 bits per heavy atom. The number of carbonyl (C=O) groups excluding carboxylic acids is 2. The van der Waals surface area contributed by atoms with Gasteiger partial charge in [-0.3, -0.25) is 13.9 Å². The molecule has 0 bridgehead atoms. The number of amides is 2. The van der Waals surface area contributed by atoms with Crippen LogP contribution in [0.15, 0.2) is 77.7 Å². The van der Waals surface area contributed by atoms with Gasteiger partial charge in [0.05, 0.1) is 17.7 Å². The van der Waals surface area contributed by atoms with E-state index in [0.717, 1.165) is 27.4 Å². The maximum Gasteiger partial charge on any atom is 0.264 e. The van der Waals surface area contributed by atoms with Crippen molar-refractivity contribution < 1.29 is 22.7 Å². The summed E-state index contributed by atoms with van der Waals surface area (Å²) in [7, 11) is -2.54. The molecule has 0 heterocycles. The van der Waals surface area contributed by atoms with Gasteiger partial charge in [0.2, 0.25) is 11.8 Å². The summed E-state index contributed by atoms with van der Waals surface area (Å²) in [5.74, 6) is -0.145. The van der Waals surface area contributed by atoms with Crippen molar-refractivity contribution in [3.8, 4) is 5.75 Å². The van der Waals surface area contributed by atoms with Gasteiger partial charge in [0.15, 0.2) is 0 Å². The number of nitrogens with zero attached hydrogens (tertiary/aromatic N) is 2. The van der Waals surface area contributed by atoms with Crippen molar-refractivity contribution in [3.05, 3.63) is 89.5 Å². The molecule has 2 atom stereocenters. The Hall–Kier alpha value is -3.85. The molecular weight excluding hydrogens is 538 g/mol. The molecule has 1 N–H and O–H groups in total. The second kappa shape index (κ2) is 14.2. The van der Waals surface area contributed by atoms with E-state index in [0.29, 0.717) is 17.9 Å². The molecule has 3 aromatic carbocycles. The van der Waals surface area contributed by atoms with Crippen molar-refractivity contribution >= 4 is 27.5 Å². The molecule has 0 spiro atoms. The van der Waals surface area contributed by atoms with Crippen molar-refractivity contribution in [1.29, 1.82) is 0 Å². The zero-order chi connectivity index (χ0) is 30.2. The summed E-state index contributed by atoms with van der Waals surface area (Å²) >= 11 is 0.